The molecule has 0 N–H and O–H groups in total. The molecule has 0 spiro atoms. The van der Waals surface area contributed by atoms with Gasteiger partial charge in [0, 0.05) is 37.0 Å². The summed E-state index contributed by atoms with van der Waals surface area (Å²) < 4.78 is 7.73. The fourth-order valence-electron chi connectivity index (χ4n) is 3.05. The predicted molar refractivity (Wildman–Crippen MR) is 113 cm³/mol. The average molecular weight is 418 g/mol. The molecule has 0 radical (unpaired) electrons. The third-order valence-corrected chi connectivity index (χ3v) is 5.95. The summed E-state index contributed by atoms with van der Waals surface area (Å²) in [5.74, 6) is 0.635. The van der Waals surface area contributed by atoms with Crippen LogP contribution in [-0.4, -0.2) is 27.6 Å². The van der Waals surface area contributed by atoms with Gasteiger partial charge in [0.1, 0.15) is 12.4 Å². The number of para-hydroxylation sites is 1. The molecular formula is C21H24ClN3O2S. The van der Waals surface area contributed by atoms with Crippen molar-refractivity contribution in [3.63, 3.8) is 0 Å². The Balaban J connectivity index is 1.65. The molecule has 3 aromatic rings. The maximum absolute atomic E-state index is 12.8. The molecule has 0 aliphatic rings. The number of aryl methyl sites for hydroxylation is 2. The van der Waals surface area contributed by atoms with Crippen LogP contribution in [0.15, 0.2) is 35.7 Å². The number of thiophene rings is 1. The van der Waals surface area contributed by atoms with Gasteiger partial charge >= 0.3 is 0 Å². The number of benzene rings is 1. The van der Waals surface area contributed by atoms with E-state index in [0.29, 0.717) is 28.8 Å². The molecule has 148 valence electrons. The van der Waals surface area contributed by atoms with E-state index < -0.39 is 0 Å². The van der Waals surface area contributed by atoms with E-state index in [2.05, 4.69) is 12.0 Å². The number of hydrogen-bond donors (Lipinski definition) is 0. The van der Waals surface area contributed by atoms with Gasteiger partial charge in [-0.3, -0.25) is 9.48 Å². The Bertz CT molecular complexity index is 980. The molecule has 0 atom stereocenters. The Morgan fingerprint density at radius 2 is 2.07 bits per heavy atom. The first-order valence-electron chi connectivity index (χ1n) is 9.13. The average Bonchev–Trinajstić information content (AvgIpc) is 3.26. The zero-order valence-electron chi connectivity index (χ0n) is 16.5. The summed E-state index contributed by atoms with van der Waals surface area (Å²) in [6, 6.07) is 9.24. The SMILES string of the molecule is CCn1nc(C)c(CN(C)C(=O)c2cc(COc3ccccc3Cl)cs2)c1C. The Hall–Kier alpha value is -2.31. The van der Waals surface area contributed by atoms with Crippen LogP contribution in [0.1, 0.15) is 39.1 Å². The minimum absolute atomic E-state index is 0.00274. The fraction of sp³-hybridized carbons (Fsp3) is 0.333. The first kappa shape index (κ1) is 20.4. The van der Waals surface area contributed by atoms with Crippen molar-refractivity contribution in [2.24, 2.45) is 0 Å². The molecule has 0 unspecified atom stereocenters. The quantitative estimate of drug-likeness (QED) is 0.538. The van der Waals surface area contributed by atoms with Gasteiger partial charge in [-0.25, -0.2) is 0 Å². The van der Waals surface area contributed by atoms with Gasteiger partial charge in [0.05, 0.1) is 15.6 Å². The van der Waals surface area contributed by atoms with Crippen LogP contribution in [0.3, 0.4) is 0 Å². The molecule has 0 fully saturated rings. The molecule has 1 amide bonds. The summed E-state index contributed by atoms with van der Waals surface area (Å²) in [6.45, 7) is 7.84. The molecule has 7 heteroatoms. The van der Waals surface area contributed by atoms with Crippen molar-refractivity contribution in [3.05, 3.63) is 68.1 Å². The van der Waals surface area contributed by atoms with Crippen molar-refractivity contribution in [1.29, 1.82) is 0 Å². The van der Waals surface area contributed by atoms with E-state index in [4.69, 9.17) is 16.3 Å². The molecule has 2 heterocycles. The lowest BCUT2D eigenvalue weighted by Crippen LogP contribution is -2.26. The van der Waals surface area contributed by atoms with E-state index >= 15 is 0 Å². The normalized spacial score (nSPS) is 10.9. The Kier molecular flexibility index (Phi) is 6.42. The number of carbonyl (C=O) groups is 1. The molecule has 0 aliphatic heterocycles. The number of aromatic nitrogens is 2. The van der Waals surface area contributed by atoms with Crippen molar-refractivity contribution in [2.75, 3.05) is 7.05 Å². The van der Waals surface area contributed by atoms with Crippen LogP contribution < -0.4 is 4.74 Å². The van der Waals surface area contributed by atoms with Crippen LogP contribution >= 0.6 is 22.9 Å². The zero-order valence-corrected chi connectivity index (χ0v) is 18.1. The highest BCUT2D eigenvalue weighted by molar-refractivity contribution is 7.12. The number of hydrogen-bond acceptors (Lipinski definition) is 4. The highest BCUT2D eigenvalue weighted by atomic mass is 35.5. The molecule has 28 heavy (non-hydrogen) atoms. The van der Waals surface area contributed by atoms with Gasteiger partial charge in [0.25, 0.3) is 5.91 Å². The van der Waals surface area contributed by atoms with Crippen LogP contribution in [-0.2, 0) is 19.7 Å². The van der Waals surface area contributed by atoms with Crippen molar-refractivity contribution in [1.82, 2.24) is 14.7 Å². The first-order valence-corrected chi connectivity index (χ1v) is 10.4. The summed E-state index contributed by atoms with van der Waals surface area (Å²) in [5.41, 5.74) is 4.14. The van der Waals surface area contributed by atoms with Crippen molar-refractivity contribution in [3.8, 4) is 5.75 Å². The second-order valence-electron chi connectivity index (χ2n) is 6.66. The number of carbonyl (C=O) groups excluding carboxylic acids is 1. The molecule has 0 saturated heterocycles. The Morgan fingerprint density at radius 1 is 1.32 bits per heavy atom. The second-order valence-corrected chi connectivity index (χ2v) is 7.98. The number of rotatable bonds is 7. The molecule has 0 aliphatic carbocycles. The number of halogens is 1. The van der Waals surface area contributed by atoms with Crippen LogP contribution in [0.5, 0.6) is 5.75 Å². The minimum Gasteiger partial charge on any atom is -0.487 e. The van der Waals surface area contributed by atoms with E-state index in [-0.39, 0.29) is 5.91 Å². The van der Waals surface area contributed by atoms with Gasteiger partial charge < -0.3 is 9.64 Å². The van der Waals surface area contributed by atoms with Crippen LogP contribution in [0.25, 0.3) is 0 Å². The molecule has 0 bridgehead atoms. The summed E-state index contributed by atoms with van der Waals surface area (Å²) >= 11 is 7.54. The Morgan fingerprint density at radius 3 is 2.75 bits per heavy atom. The minimum atomic E-state index is -0.00274. The van der Waals surface area contributed by atoms with E-state index in [1.807, 2.05) is 55.2 Å². The van der Waals surface area contributed by atoms with Crippen LogP contribution in [0.4, 0.5) is 0 Å². The zero-order chi connectivity index (χ0) is 20.3. The first-order chi connectivity index (χ1) is 13.4. The summed E-state index contributed by atoms with van der Waals surface area (Å²) in [7, 11) is 1.82. The van der Waals surface area contributed by atoms with Gasteiger partial charge in [-0.2, -0.15) is 5.10 Å². The van der Waals surface area contributed by atoms with E-state index in [0.717, 1.165) is 29.1 Å². The number of amides is 1. The van der Waals surface area contributed by atoms with Crippen molar-refractivity contribution < 1.29 is 9.53 Å². The van der Waals surface area contributed by atoms with E-state index in [1.54, 1.807) is 11.0 Å². The lowest BCUT2D eigenvalue weighted by molar-refractivity contribution is 0.0789. The van der Waals surface area contributed by atoms with Gasteiger partial charge in [0.15, 0.2) is 0 Å². The topological polar surface area (TPSA) is 47.4 Å². The lowest BCUT2D eigenvalue weighted by Gasteiger charge is -2.16. The fourth-order valence-corrected chi connectivity index (χ4v) is 4.13. The van der Waals surface area contributed by atoms with E-state index in [1.165, 1.54) is 11.3 Å². The lowest BCUT2D eigenvalue weighted by atomic mass is 10.2. The largest absolute Gasteiger partial charge is 0.487 e. The molecular weight excluding hydrogens is 394 g/mol. The standard InChI is InChI=1S/C21H24ClN3O2S/c1-5-25-15(3)17(14(2)23-25)11-24(4)21(26)20-10-16(13-28-20)12-27-19-9-7-6-8-18(19)22/h6-10,13H,5,11-12H2,1-4H3. The molecule has 5 nitrogen and oxygen atoms in total. The van der Waals surface area contributed by atoms with Crippen molar-refractivity contribution in [2.45, 2.75) is 40.5 Å². The maximum atomic E-state index is 12.8. The van der Waals surface area contributed by atoms with E-state index in [9.17, 15) is 4.79 Å². The highest BCUT2D eigenvalue weighted by Gasteiger charge is 2.19. The summed E-state index contributed by atoms with van der Waals surface area (Å²) in [5, 5.41) is 7.06. The number of nitrogens with zero attached hydrogens (tertiary/aromatic N) is 3. The molecule has 2 aromatic heterocycles. The summed E-state index contributed by atoms with van der Waals surface area (Å²) in [4.78, 5) is 15.3. The number of ether oxygens (including phenoxy) is 1. The smallest absolute Gasteiger partial charge is 0.263 e. The molecule has 0 saturated carbocycles. The Labute approximate surface area is 174 Å². The van der Waals surface area contributed by atoms with Crippen molar-refractivity contribution >= 4 is 28.8 Å². The van der Waals surface area contributed by atoms with Gasteiger partial charge in [-0.05, 0) is 44.4 Å². The molecule has 3 rings (SSSR count). The monoisotopic (exact) mass is 417 g/mol. The molecule has 1 aromatic carbocycles. The second kappa shape index (κ2) is 8.80. The van der Waals surface area contributed by atoms with Gasteiger partial charge in [-0.15, -0.1) is 11.3 Å². The van der Waals surface area contributed by atoms with Crippen LogP contribution in [0, 0.1) is 13.8 Å². The summed E-state index contributed by atoms with van der Waals surface area (Å²) in [6.07, 6.45) is 0. The van der Waals surface area contributed by atoms with Gasteiger partial charge in [0.2, 0.25) is 0 Å². The maximum Gasteiger partial charge on any atom is 0.263 e. The third-order valence-electron chi connectivity index (χ3n) is 4.67. The highest BCUT2D eigenvalue weighted by Crippen LogP contribution is 2.25. The third kappa shape index (κ3) is 4.39. The van der Waals surface area contributed by atoms with Gasteiger partial charge in [-0.1, -0.05) is 23.7 Å². The predicted octanol–water partition coefficient (Wildman–Crippen LogP) is 5.09. The van der Waals surface area contributed by atoms with Crippen LogP contribution in [0.2, 0.25) is 5.02 Å².